The van der Waals surface area contributed by atoms with Gasteiger partial charge in [-0.1, -0.05) is 38.1 Å². The molecule has 1 saturated heterocycles. The lowest BCUT2D eigenvalue weighted by molar-refractivity contribution is -0.118. The molecule has 4 aromatic rings. The number of carbonyl (C=O) groups is 1. The molecule has 1 aromatic heterocycles. The van der Waals surface area contributed by atoms with E-state index in [-0.39, 0.29) is 30.4 Å². The van der Waals surface area contributed by atoms with Gasteiger partial charge in [-0.15, -0.1) is 5.10 Å². The zero-order valence-corrected chi connectivity index (χ0v) is 21.3. The van der Waals surface area contributed by atoms with Crippen molar-refractivity contribution in [3.8, 4) is 11.4 Å². The number of carbonyl (C=O) groups excluding carboxylic acids is 1. The highest BCUT2D eigenvalue weighted by Gasteiger charge is 2.35. The van der Waals surface area contributed by atoms with E-state index in [9.17, 15) is 9.18 Å². The van der Waals surface area contributed by atoms with E-state index < -0.39 is 0 Å². The van der Waals surface area contributed by atoms with Crippen LogP contribution in [0.25, 0.3) is 5.69 Å². The third kappa shape index (κ3) is 6.06. The number of nitrogens with zero attached hydrogens (tertiary/aromatic N) is 4. The summed E-state index contributed by atoms with van der Waals surface area (Å²) in [5, 5.41) is 13.9. The van der Waals surface area contributed by atoms with Gasteiger partial charge in [0.25, 0.3) is 5.91 Å². The summed E-state index contributed by atoms with van der Waals surface area (Å²) in [6, 6.07) is 21.7. The number of hydrogen-bond donors (Lipinski definition) is 1. The lowest BCUT2D eigenvalue weighted by atomic mass is 9.76. The highest BCUT2D eigenvalue weighted by atomic mass is 19.1. The average Bonchev–Trinajstić information content (AvgIpc) is 3.47. The highest BCUT2D eigenvalue weighted by Crippen LogP contribution is 2.43. The molecule has 2 heterocycles. The van der Waals surface area contributed by atoms with Gasteiger partial charge in [0.15, 0.2) is 6.61 Å². The Morgan fingerprint density at radius 2 is 1.89 bits per heavy atom. The zero-order valence-electron chi connectivity index (χ0n) is 21.3. The first-order chi connectivity index (χ1) is 18.5. The van der Waals surface area contributed by atoms with Gasteiger partial charge in [0, 0.05) is 11.6 Å². The topological polar surface area (TPSA) is 91.2 Å². The quantitative estimate of drug-likeness (QED) is 0.341. The molecule has 3 atom stereocenters. The molecule has 0 saturated carbocycles. The van der Waals surface area contributed by atoms with Crippen molar-refractivity contribution in [3.05, 3.63) is 96.1 Å². The number of halogens is 1. The minimum atomic E-state index is -0.261. The van der Waals surface area contributed by atoms with Crippen LogP contribution in [-0.4, -0.2) is 39.3 Å². The van der Waals surface area contributed by atoms with Crippen molar-refractivity contribution in [2.24, 2.45) is 11.8 Å². The number of anilines is 1. The number of aromatic nitrogens is 4. The van der Waals surface area contributed by atoms with Gasteiger partial charge in [0.2, 0.25) is 0 Å². The van der Waals surface area contributed by atoms with Crippen molar-refractivity contribution in [2.45, 2.75) is 32.3 Å². The molecule has 9 heteroatoms. The predicted molar refractivity (Wildman–Crippen MR) is 140 cm³/mol. The molecule has 196 valence electrons. The van der Waals surface area contributed by atoms with Crippen molar-refractivity contribution in [3.63, 3.8) is 0 Å². The largest absolute Gasteiger partial charge is 0.484 e. The Hall–Kier alpha value is -4.11. The van der Waals surface area contributed by atoms with Crippen molar-refractivity contribution in [1.29, 1.82) is 0 Å². The van der Waals surface area contributed by atoms with Crippen LogP contribution in [0.5, 0.6) is 5.75 Å². The van der Waals surface area contributed by atoms with E-state index in [1.165, 1.54) is 17.1 Å². The summed E-state index contributed by atoms with van der Waals surface area (Å²) in [7, 11) is 0. The lowest BCUT2D eigenvalue weighted by Crippen LogP contribution is -2.31. The van der Waals surface area contributed by atoms with E-state index in [0.717, 1.165) is 23.2 Å². The molecule has 1 N–H and O–H groups in total. The van der Waals surface area contributed by atoms with Crippen LogP contribution in [0.15, 0.2) is 79.1 Å². The maximum Gasteiger partial charge on any atom is 0.262 e. The predicted octanol–water partition coefficient (Wildman–Crippen LogP) is 5.34. The third-order valence-corrected chi connectivity index (χ3v) is 6.94. The van der Waals surface area contributed by atoms with Crippen LogP contribution in [0.1, 0.15) is 43.4 Å². The van der Waals surface area contributed by atoms with E-state index >= 15 is 0 Å². The van der Waals surface area contributed by atoms with Gasteiger partial charge in [0.1, 0.15) is 17.9 Å². The Morgan fingerprint density at radius 1 is 1.11 bits per heavy atom. The summed E-state index contributed by atoms with van der Waals surface area (Å²) >= 11 is 0. The first-order valence-electron chi connectivity index (χ1n) is 12.7. The molecule has 38 heavy (non-hydrogen) atoms. The standard InChI is InChI=1S/C29H30FN5O3/c1-19(2)27-15-22(21-4-3-5-23(30)14-21)16-38-29(27)20-6-12-26(13-7-20)37-17-28(36)32-24-8-10-25(11-9-24)35-18-31-33-34-35/h3-14,18-19,22,27,29H,15-17H2,1-2H3,(H,32,36)/t22-,27-,29-/m0/s1. The molecule has 1 aliphatic rings. The monoisotopic (exact) mass is 515 g/mol. The molecule has 1 aliphatic heterocycles. The van der Waals surface area contributed by atoms with Crippen LogP contribution in [0, 0.1) is 17.7 Å². The lowest BCUT2D eigenvalue weighted by Gasteiger charge is -2.39. The Balaban J connectivity index is 1.15. The summed E-state index contributed by atoms with van der Waals surface area (Å²) in [4.78, 5) is 12.4. The molecular formula is C29H30FN5O3. The molecule has 0 spiro atoms. The van der Waals surface area contributed by atoms with Gasteiger partial charge in [-0.3, -0.25) is 4.79 Å². The van der Waals surface area contributed by atoms with E-state index in [1.807, 2.05) is 42.5 Å². The normalized spacial score (nSPS) is 19.3. The number of tetrazole rings is 1. The number of nitrogens with one attached hydrogen (secondary N) is 1. The fourth-order valence-electron chi connectivity index (χ4n) is 4.90. The Bertz CT molecular complexity index is 1340. The first-order valence-corrected chi connectivity index (χ1v) is 12.7. The summed E-state index contributed by atoms with van der Waals surface area (Å²) in [5.41, 5.74) is 3.49. The molecule has 0 bridgehead atoms. The highest BCUT2D eigenvalue weighted by molar-refractivity contribution is 5.91. The van der Waals surface area contributed by atoms with Crippen LogP contribution < -0.4 is 10.1 Å². The molecule has 5 rings (SSSR count). The summed E-state index contributed by atoms with van der Waals surface area (Å²) in [6.45, 7) is 4.83. The maximum absolute atomic E-state index is 13.8. The Kier molecular flexibility index (Phi) is 7.74. The fourth-order valence-corrected chi connectivity index (χ4v) is 4.90. The van der Waals surface area contributed by atoms with Crippen LogP contribution in [0.2, 0.25) is 0 Å². The first kappa shape index (κ1) is 25.5. The van der Waals surface area contributed by atoms with Crippen LogP contribution in [0.3, 0.4) is 0 Å². The Labute approximate surface area is 220 Å². The van der Waals surface area contributed by atoms with Crippen molar-refractivity contribution in [1.82, 2.24) is 20.2 Å². The van der Waals surface area contributed by atoms with E-state index in [2.05, 4.69) is 34.7 Å². The van der Waals surface area contributed by atoms with Gasteiger partial charge in [0.05, 0.1) is 18.4 Å². The molecule has 1 amide bonds. The molecular weight excluding hydrogens is 485 g/mol. The number of rotatable bonds is 8. The van der Waals surface area contributed by atoms with Gasteiger partial charge in [-0.05, 0) is 88.3 Å². The number of ether oxygens (including phenoxy) is 2. The maximum atomic E-state index is 13.8. The van der Waals surface area contributed by atoms with Crippen LogP contribution in [-0.2, 0) is 9.53 Å². The fraction of sp³-hybridized carbons (Fsp3) is 0.310. The molecule has 1 fully saturated rings. The summed E-state index contributed by atoms with van der Waals surface area (Å²) in [6.07, 6.45) is 2.38. The second kappa shape index (κ2) is 11.5. The Morgan fingerprint density at radius 3 is 2.58 bits per heavy atom. The second-order valence-electron chi connectivity index (χ2n) is 9.86. The van der Waals surface area contributed by atoms with Gasteiger partial charge in [-0.25, -0.2) is 9.07 Å². The average molecular weight is 516 g/mol. The number of hydrogen-bond acceptors (Lipinski definition) is 6. The minimum absolute atomic E-state index is 0.0477. The molecule has 8 nitrogen and oxygen atoms in total. The smallest absolute Gasteiger partial charge is 0.262 e. The molecule has 0 aliphatic carbocycles. The molecule has 0 radical (unpaired) electrons. The number of amides is 1. The number of benzene rings is 3. The molecule has 0 unspecified atom stereocenters. The van der Waals surface area contributed by atoms with Crippen LogP contribution in [0.4, 0.5) is 10.1 Å². The van der Waals surface area contributed by atoms with Gasteiger partial charge in [-0.2, -0.15) is 0 Å². The van der Waals surface area contributed by atoms with Gasteiger partial charge >= 0.3 is 0 Å². The van der Waals surface area contributed by atoms with E-state index in [4.69, 9.17) is 9.47 Å². The van der Waals surface area contributed by atoms with E-state index in [0.29, 0.717) is 29.9 Å². The summed E-state index contributed by atoms with van der Waals surface area (Å²) < 4.78 is 27.3. The molecule has 3 aromatic carbocycles. The third-order valence-electron chi connectivity index (χ3n) is 6.94. The second-order valence-corrected chi connectivity index (χ2v) is 9.86. The van der Waals surface area contributed by atoms with Gasteiger partial charge < -0.3 is 14.8 Å². The van der Waals surface area contributed by atoms with Crippen molar-refractivity contribution in [2.75, 3.05) is 18.5 Å². The zero-order chi connectivity index (χ0) is 26.5. The summed E-state index contributed by atoms with van der Waals surface area (Å²) in [5.74, 6) is 0.996. The van der Waals surface area contributed by atoms with E-state index in [1.54, 1.807) is 24.3 Å². The van der Waals surface area contributed by atoms with Crippen molar-refractivity contribution >= 4 is 11.6 Å². The minimum Gasteiger partial charge on any atom is -0.484 e. The SMILES string of the molecule is CC(C)[C@@H]1C[C@H](c2cccc(F)c2)CO[C@H]1c1ccc(OCC(=O)Nc2ccc(-n3cnnn3)cc2)cc1. The van der Waals surface area contributed by atoms with Crippen molar-refractivity contribution < 1.29 is 18.7 Å². The van der Waals surface area contributed by atoms with Crippen LogP contribution >= 0.6 is 0 Å².